The van der Waals surface area contributed by atoms with Crippen LogP contribution >= 0.6 is 11.6 Å². The number of hydrogen-bond acceptors (Lipinski definition) is 4. The highest BCUT2D eigenvalue weighted by atomic mass is 35.5. The third kappa shape index (κ3) is 1.96. The second-order valence-electron chi connectivity index (χ2n) is 5.36. The van der Waals surface area contributed by atoms with Crippen molar-refractivity contribution in [1.82, 2.24) is 9.88 Å². The van der Waals surface area contributed by atoms with Crippen molar-refractivity contribution in [2.24, 2.45) is 5.41 Å². The van der Waals surface area contributed by atoms with E-state index >= 15 is 0 Å². The summed E-state index contributed by atoms with van der Waals surface area (Å²) in [6, 6.07) is 1.69. The molecule has 1 saturated heterocycles. The van der Waals surface area contributed by atoms with E-state index in [9.17, 15) is 0 Å². The van der Waals surface area contributed by atoms with Gasteiger partial charge in [-0.3, -0.25) is 0 Å². The first-order valence-corrected chi connectivity index (χ1v) is 6.20. The molecule has 1 aliphatic heterocycles. The number of aromatic nitrogens is 1. The molecule has 2 fully saturated rings. The summed E-state index contributed by atoms with van der Waals surface area (Å²) in [5.74, 6) is 1.11. The fraction of sp³-hybridized carbons (Fsp3) is 0.583. The van der Waals surface area contributed by atoms with Gasteiger partial charge in [0, 0.05) is 24.6 Å². The van der Waals surface area contributed by atoms with Gasteiger partial charge in [0.2, 0.25) is 0 Å². The van der Waals surface area contributed by atoms with E-state index < -0.39 is 0 Å². The van der Waals surface area contributed by atoms with Gasteiger partial charge in [0.15, 0.2) is 0 Å². The Morgan fingerprint density at radius 2 is 2.24 bits per heavy atom. The summed E-state index contributed by atoms with van der Waals surface area (Å²) >= 11 is 6.01. The van der Waals surface area contributed by atoms with E-state index in [-0.39, 0.29) is 6.10 Å². The molecule has 0 amide bonds. The number of nitrogens with two attached hydrogens (primary N) is 1. The van der Waals surface area contributed by atoms with E-state index in [0.717, 1.165) is 12.8 Å². The lowest BCUT2D eigenvalue weighted by molar-refractivity contribution is -0.109. The van der Waals surface area contributed by atoms with Crippen molar-refractivity contribution in [2.45, 2.75) is 18.9 Å². The molecular formula is C12H16ClN3O. The molecule has 1 aromatic rings. The van der Waals surface area contributed by atoms with Gasteiger partial charge in [0.1, 0.15) is 22.7 Å². The van der Waals surface area contributed by atoms with E-state index in [0.29, 0.717) is 22.0 Å². The van der Waals surface area contributed by atoms with Crippen molar-refractivity contribution in [3.8, 4) is 5.75 Å². The van der Waals surface area contributed by atoms with Crippen LogP contribution in [0.1, 0.15) is 12.8 Å². The van der Waals surface area contributed by atoms with E-state index in [2.05, 4.69) is 16.9 Å². The van der Waals surface area contributed by atoms with Gasteiger partial charge in [0.05, 0.1) is 6.20 Å². The van der Waals surface area contributed by atoms with Crippen molar-refractivity contribution in [1.29, 1.82) is 0 Å². The van der Waals surface area contributed by atoms with Crippen LogP contribution in [0.5, 0.6) is 5.75 Å². The Kier molecular flexibility index (Phi) is 2.45. The van der Waals surface area contributed by atoms with E-state index in [1.54, 1.807) is 6.07 Å². The summed E-state index contributed by atoms with van der Waals surface area (Å²) in [6.07, 6.45) is 4.06. The minimum absolute atomic E-state index is 0.281. The molecule has 2 aliphatic rings. The zero-order valence-corrected chi connectivity index (χ0v) is 10.6. The molecule has 5 heteroatoms. The number of nitrogen functional groups attached to an aromatic ring is 1. The van der Waals surface area contributed by atoms with Crippen molar-refractivity contribution >= 4 is 17.4 Å². The summed E-state index contributed by atoms with van der Waals surface area (Å²) in [4.78, 5) is 6.26. The lowest BCUT2D eigenvalue weighted by atomic mass is 9.62. The van der Waals surface area contributed by atoms with Crippen LogP contribution in [0.4, 0.5) is 5.82 Å². The molecule has 0 unspecified atom stereocenters. The average molecular weight is 254 g/mol. The number of likely N-dealkylation sites (tertiary alicyclic amines) is 1. The summed E-state index contributed by atoms with van der Waals surface area (Å²) in [6.45, 7) is 2.39. The Labute approximate surface area is 106 Å². The molecule has 0 radical (unpaired) electrons. The first kappa shape index (κ1) is 11.1. The quantitative estimate of drug-likeness (QED) is 0.873. The van der Waals surface area contributed by atoms with Crippen LogP contribution in [0.3, 0.4) is 0 Å². The van der Waals surface area contributed by atoms with Gasteiger partial charge in [-0.05, 0) is 19.9 Å². The predicted octanol–water partition coefficient (Wildman–Crippen LogP) is 1.79. The monoisotopic (exact) mass is 253 g/mol. The second-order valence-corrected chi connectivity index (χ2v) is 5.77. The van der Waals surface area contributed by atoms with Crippen LogP contribution in [-0.4, -0.2) is 36.1 Å². The van der Waals surface area contributed by atoms with E-state index in [4.69, 9.17) is 22.1 Å². The summed E-state index contributed by atoms with van der Waals surface area (Å²) in [5, 5.41) is 0.533. The highest BCUT2D eigenvalue weighted by Gasteiger charge is 2.52. The third-order valence-corrected chi connectivity index (χ3v) is 3.95. The number of halogens is 1. The molecule has 17 heavy (non-hydrogen) atoms. The highest BCUT2D eigenvalue weighted by molar-refractivity contribution is 6.31. The lowest BCUT2D eigenvalue weighted by Crippen LogP contribution is -2.63. The fourth-order valence-electron chi connectivity index (χ4n) is 3.05. The molecule has 1 saturated carbocycles. The smallest absolute Gasteiger partial charge is 0.143 e. The van der Waals surface area contributed by atoms with Crippen LogP contribution < -0.4 is 10.5 Å². The molecule has 0 bridgehead atoms. The second kappa shape index (κ2) is 3.75. The maximum atomic E-state index is 6.01. The number of pyridine rings is 1. The largest absolute Gasteiger partial charge is 0.489 e. The van der Waals surface area contributed by atoms with Crippen LogP contribution in [0.15, 0.2) is 12.3 Å². The Balaban J connectivity index is 1.60. The molecule has 92 valence electrons. The summed E-state index contributed by atoms with van der Waals surface area (Å²) in [5.41, 5.74) is 6.13. The van der Waals surface area contributed by atoms with Gasteiger partial charge >= 0.3 is 0 Å². The minimum atomic E-state index is 0.281. The first-order chi connectivity index (χ1) is 8.06. The van der Waals surface area contributed by atoms with E-state index in [1.165, 1.54) is 19.3 Å². The third-order valence-electron chi connectivity index (χ3n) is 3.67. The van der Waals surface area contributed by atoms with Crippen LogP contribution in [0.25, 0.3) is 0 Å². The van der Waals surface area contributed by atoms with Crippen molar-refractivity contribution in [3.05, 3.63) is 17.3 Å². The molecule has 2 N–H and O–H groups in total. The minimum Gasteiger partial charge on any atom is -0.489 e. The summed E-state index contributed by atoms with van der Waals surface area (Å²) in [7, 11) is 2.15. The Hall–Kier alpha value is -1.00. The van der Waals surface area contributed by atoms with Crippen molar-refractivity contribution < 1.29 is 4.74 Å². The standard InChI is InChI=1S/C12H16ClN3O/c1-16-6-12(7-16)3-8(4-12)17-10-2-11(14)15-5-9(10)13/h2,5,8H,3-4,6-7H2,1H3,(H2,14,15). The lowest BCUT2D eigenvalue weighted by Gasteiger charge is -2.57. The first-order valence-electron chi connectivity index (χ1n) is 5.83. The molecular weight excluding hydrogens is 238 g/mol. The zero-order chi connectivity index (χ0) is 12.0. The van der Waals surface area contributed by atoms with E-state index in [1.807, 2.05) is 0 Å². The molecule has 4 nitrogen and oxygen atoms in total. The van der Waals surface area contributed by atoms with Gasteiger partial charge < -0.3 is 15.4 Å². The molecule has 2 heterocycles. The molecule has 1 aromatic heterocycles. The Morgan fingerprint density at radius 1 is 1.53 bits per heavy atom. The maximum absolute atomic E-state index is 6.01. The average Bonchev–Trinajstić information content (AvgIpc) is 2.18. The number of nitrogens with zero attached hydrogens (tertiary/aromatic N) is 2. The Bertz CT molecular complexity index is 437. The van der Waals surface area contributed by atoms with Gasteiger partial charge in [-0.15, -0.1) is 0 Å². The molecule has 1 aliphatic carbocycles. The fourth-order valence-corrected chi connectivity index (χ4v) is 3.20. The van der Waals surface area contributed by atoms with Crippen LogP contribution in [0.2, 0.25) is 5.02 Å². The normalized spacial score (nSPS) is 23.2. The maximum Gasteiger partial charge on any atom is 0.143 e. The SMILES string of the molecule is CN1CC2(CC(Oc3cc(N)ncc3Cl)C2)C1. The highest BCUT2D eigenvalue weighted by Crippen LogP contribution is 2.49. The molecule has 0 aromatic carbocycles. The Morgan fingerprint density at radius 3 is 2.88 bits per heavy atom. The zero-order valence-electron chi connectivity index (χ0n) is 9.82. The van der Waals surface area contributed by atoms with Crippen LogP contribution in [0, 0.1) is 5.41 Å². The predicted molar refractivity (Wildman–Crippen MR) is 67.2 cm³/mol. The van der Waals surface area contributed by atoms with Gasteiger partial charge in [-0.1, -0.05) is 11.6 Å². The number of rotatable bonds is 2. The number of hydrogen-bond donors (Lipinski definition) is 1. The van der Waals surface area contributed by atoms with Crippen molar-refractivity contribution in [2.75, 3.05) is 25.9 Å². The van der Waals surface area contributed by atoms with Crippen molar-refractivity contribution in [3.63, 3.8) is 0 Å². The molecule has 1 spiro atoms. The molecule has 0 atom stereocenters. The van der Waals surface area contributed by atoms with Gasteiger partial charge in [0.25, 0.3) is 0 Å². The topological polar surface area (TPSA) is 51.4 Å². The van der Waals surface area contributed by atoms with Gasteiger partial charge in [-0.25, -0.2) is 4.98 Å². The number of anilines is 1. The molecule has 3 rings (SSSR count). The van der Waals surface area contributed by atoms with Gasteiger partial charge in [-0.2, -0.15) is 0 Å². The number of ether oxygens (including phenoxy) is 1. The summed E-state index contributed by atoms with van der Waals surface area (Å²) < 4.78 is 5.86. The van der Waals surface area contributed by atoms with Crippen LogP contribution in [-0.2, 0) is 0 Å².